The molecule has 360 valence electrons. The van der Waals surface area contributed by atoms with Gasteiger partial charge in [0.1, 0.15) is 12.1 Å². The lowest BCUT2D eigenvalue weighted by molar-refractivity contribution is -0.154. The van der Waals surface area contributed by atoms with Crippen LogP contribution in [-0.4, -0.2) is 60.5 Å². The van der Waals surface area contributed by atoms with Crippen molar-refractivity contribution in [1.82, 2.24) is 0 Å². The second-order valence-electron chi connectivity index (χ2n) is 15.9. The molecule has 0 aromatic carbocycles. The van der Waals surface area contributed by atoms with Crippen molar-refractivity contribution in [3.8, 4) is 0 Å². The molecule has 0 bridgehead atoms. The summed E-state index contributed by atoms with van der Waals surface area (Å²) in [6.07, 6.45) is 61.7. The van der Waals surface area contributed by atoms with E-state index in [2.05, 4.69) is 111 Å². The van der Waals surface area contributed by atoms with E-state index in [-0.39, 0.29) is 13.0 Å². The van der Waals surface area contributed by atoms with Crippen LogP contribution in [0.2, 0.25) is 0 Å². The van der Waals surface area contributed by atoms with Crippen molar-refractivity contribution in [2.45, 2.75) is 193 Å². The van der Waals surface area contributed by atoms with Gasteiger partial charge in [0, 0.05) is 13.0 Å². The Labute approximate surface area is 383 Å². The largest absolute Gasteiger partial charge is 0.480 e. The molecular weight excluding hydrogens is 814 g/mol. The van der Waals surface area contributed by atoms with Crippen LogP contribution in [-0.2, 0) is 32.7 Å². The molecule has 0 amide bonds. The number of hydrogen-bond acceptors (Lipinski definition) is 8. The summed E-state index contributed by atoms with van der Waals surface area (Å²) in [4.78, 5) is 33.7. The smallest absolute Gasteiger partial charge is 0.472 e. The number of phosphoric ester groups is 1. The molecule has 0 aromatic heterocycles. The van der Waals surface area contributed by atoms with E-state index in [1.54, 1.807) is 0 Å². The van der Waals surface area contributed by atoms with Gasteiger partial charge in [-0.25, -0.2) is 4.57 Å². The summed E-state index contributed by atoms with van der Waals surface area (Å²) in [6, 6.07) is -1.49. The highest BCUT2D eigenvalue weighted by Gasteiger charge is 2.27. The fraction of sp³-hybridized carbons (Fsp3) is 0.654. The third kappa shape index (κ3) is 46.7. The number of carboxylic acids is 1. The SMILES string of the molecule is CC/C=C\C/C=C\C/C=C\C/C=C\C/C=C\C/C=C\CCCCCOCC(COP(=O)(O)OCC(N)C(=O)O)OC(=O)CCCCCCCCCCC/C=C\C/C=C\CCCCC. The van der Waals surface area contributed by atoms with Crippen LogP contribution in [0.1, 0.15) is 181 Å². The number of carbonyl (C=O) groups is 2. The lowest BCUT2D eigenvalue weighted by Crippen LogP contribution is -2.34. The Morgan fingerprint density at radius 3 is 1.38 bits per heavy atom. The topological polar surface area (TPSA) is 155 Å². The van der Waals surface area contributed by atoms with Crippen LogP contribution in [0.25, 0.3) is 0 Å². The molecule has 0 heterocycles. The minimum Gasteiger partial charge on any atom is -0.480 e. The van der Waals surface area contributed by atoms with Gasteiger partial charge >= 0.3 is 19.8 Å². The van der Waals surface area contributed by atoms with Gasteiger partial charge in [0.15, 0.2) is 0 Å². The summed E-state index contributed by atoms with van der Waals surface area (Å²) in [6.45, 7) is 3.65. The van der Waals surface area contributed by atoms with Crippen LogP contribution in [0.15, 0.2) is 97.2 Å². The molecule has 0 radical (unpaired) electrons. The minimum absolute atomic E-state index is 0.0135. The molecule has 4 N–H and O–H groups in total. The van der Waals surface area contributed by atoms with Gasteiger partial charge in [0.05, 0.1) is 19.8 Å². The Bertz CT molecular complexity index is 1370. The zero-order valence-electron chi connectivity index (χ0n) is 39.4. The van der Waals surface area contributed by atoms with Gasteiger partial charge in [0.25, 0.3) is 0 Å². The number of phosphoric acid groups is 1. The van der Waals surface area contributed by atoms with Gasteiger partial charge in [-0.3, -0.25) is 18.6 Å². The molecule has 0 rings (SSSR count). The van der Waals surface area contributed by atoms with Gasteiger partial charge in [-0.2, -0.15) is 0 Å². The third-order valence-corrected chi connectivity index (χ3v) is 10.8. The standard InChI is InChI=1S/C52H88NO9P/c1-3-5-7-9-11-13-15-17-19-21-23-24-25-27-29-31-33-35-37-39-41-43-45-59-46-49(47-60-63(57,58)61-48-50(53)52(55)56)62-51(54)44-42-40-38-36-34-32-30-28-26-22-20-18-16-14-12-10-8-6-4-2/h5,7,11-14,17-20,23-24,27,29,33,35,49-50H,3-4,6,8-10,15-16,21-22,25-26,28,30-32,34,36-48,53H2,1-2H3,(H,55,56)(H,57,58)/b7-5-,13-11-,14-12-,19-17-,20-18-,24-23-,29-27-,35-33-. The highest BCUT2D eigenvalue weighted by Crippen LogP contribution is 2.43. The molecule has 3 atom stereocenters. The first-order chi connectivity index (χ1) is 30.7. The predicted molar refractivity (Wildman–Crippen MR) is 263 cm³/mol. The molecule has 0 aliphatic rings. The van der Waals surface area contributed by atoms with Crippen LogP contribution in [0.4, 0.5) is 0 Å². The van der Waals surface area contributed by atoms with Crippen LogP contribution in [0.3, 0.4) is 0 Å². The van der Waals surface area contributed by atoms with Crippen molar-refractivity contribution in [2.75, 3.05) is 26.4 Å². The Morgan fingerprint density at radius 1 is 0.524 bits per heavy atom. The van der Waals surface area contributed by atoms with Crippen molar-refractivity contribution in [3.63, 3.8) is 0 Å². The van der Waals surface area contributed by atoms with Crippen LogP contribution in [0, 0.1) is 0 Å². The number of unbranched alkanes of at least 4 members (excludes halogenated alkanes) is 15. The number of hydrogen-bond donors (Lipinski definition) is 3. The maximum Gasteiger partial charge on any atom is 0.472 e. The first kappa shape index (κ1) is 59.9. The Morgan fingerprint density at radius 2 is 0.921 bits per heavy atom. The quantitative estimate of drug-likeness (QED) is 0.0233. The van der Waals surface area contributed by atoms with Crippen molar-refractivity contribution in [2.24, 2.45) is 5.73 Å². The number of rotatable bonds is 45. The number of carbonyl (C=O) groups excluding carboxylic acids is 1. The van der Waals surface area contributed by atoms with E-state index in [0.717, 1.165) is 96.3 Å². The molecule has 63 heavy (non-hydrogen) atoms. The van der Waals surface area contributed by atoms with Crippen molar-refractivity contribution in [1.29, 1.82) is 0 Å². The summed E-state index contributed by atoms with van der Waals surface area (Å²) >= 11 is 0. The molecule has 0 aromatic rings. The molecule has 11 heteroatoms. The monoisotopic (exact) mass is 902 g/mol. The molecule has 10 nitrogen and oxygen atoms in total. The fourth-order valence-corrected chi connectivity index (χ4v) is 6.88. The van der Waals surface area contributed by atoms with E-state index in [4.69, 9.17) is 29.4 Å². The summed E-state index contributed by atoms with van der Waals surface area (Å²) < 4.78 is 33.4. The lowest BCUT2D eigenvalue weighted by atomic mass is 10.1. The molecular formula is C52H88NO9P. The number of carboxylic acid groups (broad SMARTS) is 1. The lowest BCUT2D eigenvalue weighted by Gasteiger charge is -2.20. The number of nitrogens with two attached hydrogens (primary N) is 1. The fourth-order valence-electron chi connectivity index (χ4n) is 6.11. The molecule has 0 spiro atoms. The van der Waals surface area contributed by atoms with Crippen molar-refractivity contribution in [3.05, 3.63) is 97.2 Å². The van der Waals surface area contributed by atoms with E-state index in [1.165, 1.54) is 57.8 Å². The number of ether oxygens (including phenoxy) is 2. The first-order valence-electron chi connectivity index (χ1n) is 24.3. The molecule has 3 unspecified atom stereocenters. The summed E-state index contributed by atoms with van der Waals surface area (Å²) in [7, 11) is -4.64. The van der Waals surface area contributed by atoms with Crippen LogP contribution in [0.5, 0.6) is 0 Å². The van der Waals surface area contributed by atoms with Gasteiger partial charge < -0.3 is 25.2 Å². The normalized spacial score (nSPS) is 14.6. The van der Waals surface area contributed by atoms with E-state index in [9.17, 15) is 19.0 Å². The maximum absolute atomic E-state index is 12.7. The highest BCUT2D eigenvalue weighted by atomic mass is 31.2. The number of allylic oxidation sites excluding steroid dienone is 16. The summed E-state index contributed by atoms with van der Waals surface area (Å²) in [5, 5.41) is 8.92. The maximum atomic E-state index is 12.7. The number of aliphatic carboxylic acids is 1. The van der Waals surface area contributed by atoms with Crippen LogP contribution >= 0.6 is 7.82 Å². The second-order valence-corrected chi connectivity index (χ2v) is 17.3. The Balaban J connectivity index is 4.28. The summed E-state index contributed by atoms with van der Waals surface area (Å²) in [5.41, 5.74) is 5.37. The van der Waals surface area contributed by atoms with Crippen molar-refractivity contribution >= 4 is 19.8 Å². The third-order valence-electron chi connectivity index (χ3n) is 9.85. The van der Waals surface area contributed by atoms with E-state index >= 15 is 0 Å². The minimum atomic E-state index is -4.64. The molecule has 0 saturated heterocycles. The van der Waals surface area contributed by atoms with Crippen LogP contribution < -0.4 is 5.73 Å². The van der Waals surface area contributed by atoms with Crippen molar-refractivity contribution < 1.29 is 42.7 Å². The zero-order valence-corrected chi connectivity index (χ0v) is 40.3. The first-order valence-corrected chi connectivity index (χ1v) is 25.8. The molecule has 0 fully saturated rings. The second kappa shape index (κ2) is 46.9. The zero-order chi connectivity index (χ0) is 46.2. The highest BCUT2D eigenvalue weighted by molar-refractivity contribution is 7.47. The van der Waals surface area contributed by atoms with Gasteiger partial charge in [-0.05, 0) is 96.3 Å². The predicted octanol–water partition coefficient (Wildman–Crippen LogP) is 14.1. The van der Waals surface area contributed by atoms with E-state index < -0.39 is 45.1 Å². The summed E-state index contributed by atoms with van der Waals surface area (Å²) in [5.74, 6) is -1.80. The van der Waals surface area contributed by atoms with E-state index in [1.807, 2.05) is 0 Å². The van der Waals surface area contributed by atoms with Gasteiger partial charge in [0.2, 0.25) is 0 Å². The van der Waals surface area contributed by atoms with E-state index in [0.29, 0.717) is 13.0 Å². The average Bonchev–Trinajstić information content (AvgIpc) is 3.26. The molecule has 0 aliphatic heterocycles. The Kier molecular flexibility index (Phi) is 44.6. The Hall–Kier alpha value is -3.11. The van der Waals surface area contributed by atoms with Gasteiger partial charge in [-0.1, -0.05) is 175 Å². The molecule has 0 saturated carbocycles. The average molecular weight is 902 g/mol. The number of esters is 1. The van der Waals surface area contributed by atoms with Gasteiger partial charge in [-0.15, -0.1) is 0 Å². The molecule has 0 aliphatic carbocycles.